The van der Waals surface area contributed by atoms with E-state index in [4.69, 9.17) is 4.74 Å². The standard InChI is InChI=1S/C11H15NO2/c1-9(13)12-11(8-14-2)10-6-4-3-5-7-10/h3-7,11H,8H2,1-2H3,(H,12,13)/t11-/m0/s1. The van der Waals surface area contributed by atoms with Gasteiger partial charge in [0.2, 0.25) is 5.91 Å². The van der Waals surface area contributed by atoms with Gasteiger partial charge in [0.15, 0.2) is 0 Å². The van der Waals surface area contributed by atoms with E-state index in [-0.39, 0.29) is 11.9 Å². The summed E-state index contributed by atoms with van der Waals surface area (Å²) in [5.74, 6) is -0.0455. The van der Waals surface area contributed by atoms with Crippen molar-refractivity contribution in [3.63, 3.8) is 0 Å². The van der Waals surface area contributed by atoms with Crippen LogP contribution in [-0.2, 0) is 9.53 Å². The molecule has 0 aliphatic carbocycles. The van der Waals surface area contributed by atoms with E-state index in [2.05, 4.69) is 5.32 Å². The van der Waals surface area contributed by atoms with E-state index in [1.807, 2.05) is 30.3 Å². The van der Waals surface area contributed by atoms with Crippen LogP contribution in [0.3, 0.4) is 0 Å². The van der Waals surface area contributed by atoms with Crippen molar-refractivity contribution in [1.82, 2.24) is 5.32 Å². The summed E-state index contributed by atoms with van der Waals surface area (Å²) in [7, 11) is 1.62. The molecule has 3 nitrogen and oxygen atoms in total. The zero-order valence-electron chi connectivity index (χ0n) is 8.49. The molecule has 14 heavy (non-hydrogen) atoms. The van der Waals surface area contributed by atoms with Gasteiger partial charge in [0.25, 0.3) is 0 Å². The maximum absolute atomic E-state index is 10.9. The first kappa shape index (κ1) is 10.7. The van der Waals surface area contributed by atoms with Gasteiger partial charge in [-0.2, -0.15) is 0 Å². The highest BCUT2D eigenvalue weighted by Crippen LogP contribution is 2.12. The molecule has 0 bridgehead atoms. The van der Waals surface area contributed by atoms with Crippen LogP contribution in [0, 0.1) is 0 Å². The SMILES string of the molecule is COC[C@H](NC(C)=O)c1ccccc1. The first-order valence-electron chi connectivity index (χ1n) is 4.55. The van der Waals surface area contributed by atoms with Crippen molar-refractivity contribution >= 4 is 5.91 Å². The number of methoxy groups -OCH3 is 1. The van der Waals surface area contributed by atoms with Crippen LogP contribution in [0.2, 0.25) is 0 Å². The second kappa shape index (κ2) is 5.40. The summed E-state index contributed by atoms with van der Waals surface area (Å²) >= 11 is 0. The Balaban J connectivity index is 2.72. The normalized spacial score (nSPS) is 12.1. The van der Waals surface area contributed by atoms with Crippen molar-refractivity contribution in [3.8, 4) is 0 Å². The molecule has 0 fully saturated rings. The molecule has 1 aromatic carbocycles. The molecule has 3 heteroatoms. The van der Waals surface area contributed by atoms with Crippen LogP contribution < -0.4 is 5.32 Å². The first-order chi connectivity index (χ1) is 6.74. The predicted octanol–water partition coefficient (Wildman–Crippen LogP) is 1.51. The lowest BCUT2D eigenvalue weighted by Gasteiger charge is -2.16. The number of rotatable bonds is 4. The first-order valence-corrected chi connectivity index (χ1v) is 4.55. The van der Waals surface area contributed by atoms with Crippen LogP contribution >= 0.6 is 0 Å². The van der Waals surface area contributed by atoms with Crippen molar-refractivity contribution in [3.05, 3.63) is 35.9 Å². The van der Waals surface area contributed by atoms with E-state index in [0.717, 1.165) is 5.56 Å². The molecule has 1 rings (SSSR count). The van der Waals surface area contributed by atoms with Crippen molar-refractivity contribution in [2.75, 3.05) is 13.7 Å². The number of ether oxygens (including phenoxy) is 1. The summed E-state index contributed by atoms with van der Waals surface area (Å²) in [5.41, 5.74) is 1.06. The Morgan fingerprint density at radius 3 is 2.57 bits per heavy atom. The Bertz CT molecular complexity index is 285. The molecule has 0 unspecified atom stereocenters. The molecule has 0 heterocycles. The van der Waals surface area contributed by atoms with Crippen molar-refractivity contribution in [2.24, 2.45) is 0 Å². The van der Waals surface area contributed by atoms with Crippen LogP contribution in [0.4, 0.5) is 0 Å². The quantitative estimate of drug-likeness (QED) is 0.787. The molecule has 1 aromatic rings. The Morgan fingerprint density at radius 1 is 1.43 bits per heavy atom. The van der Waals surface area contributed by atoms with E-state index in [1.54, 1.807) is 7.11 Å². The predicted molar refractivity (Wildman–Crippen MR) is 54.9 cm³/mol. The highest BCUT2D eigenvalue weighted by molar-refractivity contribution is 5.73. The van der Waals surface area contributed by atoms with E-state index in [1.165, 1.54) is 6.92 Å². The van der Waals surface area contributed by atoms with E-state index in [9.17, 15) is 4.79 Å². The molecule has 1 N–H and O–H groups in total. The Hall–Kier alpha value is -1.35. The fraction of sp³-hybridized carbons (Fsp3) is 0.364. The second-order valence-electron chi connectivity index (χ2n) is 3.12. The zero-order valence-corrected chi connectivity index (χ0v) is 8.49. The number of nitrogens with one attached hydrogen (secondary N) is 1. The molecule has 0 saturated heterocycles. The summed E-state index contributed by atoms with van der Waals surface area (Å²) < 4.78 is 5.04. The zero-order chi connectivity index (χ0) is 10.4. The number of amides is 1. The third-order valence-corrected chi connectivity index (χ3v) is 1.91. The molecule has 0 aliphatic rings. The highest BCUT2D eigenvalue weighted by atomic mass is 16.5. The molecule has 76 valence electrons. The van der Waals surface area contributed by atoms with Gasteiger partial charge in [-0.05, 0) is 5.56 Å². The summed E-state index contributed by atoms with van der Waals surface area (Å²) in [6.07, 6.45) is 0. The topological polar surface area (TPSA) is 38.3 Å². The van der Waals surface area contributed by atoms with Crippen LogP contribution in [-0.4, -0.2) is 19.6 Å². The molecular formula is C11H15NO2. The van der Waals surface area contributed by atoms with Crippen LogP contribution in [0.25, 0.3) is 0 Å². The van der Waals surface area contributed by atoms with Gasteiger partial charge in [0, 0.05) is 14.0 Å². The maximum atomic E-state index is 10.9. The Morgan fingerprint density at radius 2 is 2.07 bits per heavy atom. The van der Waals surface area contributed by atoms with Crippen LogP contribution in [0.1, 0.15) is 18.5 Å². The number of benzene rings is 1. The maximum Gasteiger partial charge on any atom is 0.217 e. The number of hydrogen-bond acceptors (Lipinski definition) is 2. The number of carbonyl (C=O) groups excluding carboxylic acids is 1. The molecule has 0 aromatic heterocycles. The van der Waals surface area contributed by atoms with Gasteiger partial charge in [-0.25, -0.2) is 0 Å². The lowest BCUT2D eigenvalue weighted by atomic mass is 10.1. The van der Waals surface area contributed by atoms with Crippen molar-refractivity contribution in [2.45, 2.75) is 13.0 Å². The molecule has 0 spiro atoms. The summed E-state index contributed by atoms with van der Waals surface area (Å²) in [5, 5.41) is 2.83. The van der Waals surface area contributed by atoms with Gasteiger partial charge in [-0.1, -0.05) is 30.3 Å². The van der Waals surface area contributed by atoms with Gasteiger partial charge in [-0.3, -0.25) is 4.79 Å². The number of hydrogen-bond donors (Lipinski definition) is 1. The highest BCUT2D eigenvalue weighted by Gasteiger charge is 2.10. The molecule has 0 saturated carbocycles. The third kappa shape index (κ3) is 3.18. The van der Waals surface area contributed by atoms with Gasteiger partial charge in [0.1, 0.15) is 0 Å². The average Bonchev–Trinajstić information content (AvgIpc) is 2.18. The van der Waals surface area contributed by atoms with Gasteiger partial charge in [-0.15, -0.1) is 0 Å². The van der Waals surface area contributed by atoms with Gasteiger partial charge < -0.3 is 10.1 Å². The summed E-state index contributed by atoms with van der Waals surface area (Å²) in [4.78, 5) is 10.9. The average molecular weight is 193 g/mol. The van der Waals surface area contributed by atoms with Crippen LogP contribution in [0.5, 0.6) is 0 Å². The Labute approximate surface area is 84.1 Å². The fourth-order valence-electron chi connectivity index (χ4n) is 1.32. The van der Waals surface area contributed by atoms with E-state index >= 15 is 0 Å². The van der Waals surface area contributed by atoms with Crippen molar-refractivity contribution < 1.29 is 9.53 Å². The molecule has 1 atom stereocenters. The third-order valence-electron chi connectivity index (χ3n) is 1.91. The monoisotopic (exact) mass is 193 g/mol. The molecule has 1 amide bonds. The Kier molecular flexibility index (Phi) is 4.13. The smallest absolute Gasteiger partial charge is 0.217 e. The fourth-order valence-corrected chi connectivity index (χ4v) is 1.32. The lowest BCUT2D eigenvalue weighted by Crippen LogP contribution is -2.29. The van der Waals surface area contributed by atoms with E-state index in [0.29, 0.717) is 6.61 Å². The minimum atomic E-state index is -0.0568. The minimum absolute atomic E-state index is 0.0455. The molecule has 0 aliphatic heterocycles. The molecule has 0 radical (unpaired) electrons. The number of carbonyl (C=O) groups is 1. The van der Waals surface area contributed by atoms with E-state index < -0.39 is 0 Å². The minimum Gasteiger partial charge on any atom is -0.382 e. The second-order valence-corrected chi connectivity index (χ2v) is 3.12. The largest absolute Gasteiger partial charge is 0.382 e. The van der Waals surface area contributed by atoms with Gasteiger partial charge in [0.05, 0.1) is 12.6 Å². The summed E-state index contributed by atoms with van der Waals surface area (Å²) in [6, 6.07) is 9.72. The lowest BCUT2D eigenvalue weighted by molar-refractivity contribution is -0.120. The van der Waals surface area contributed by atoms with Crippen molar-refractivity contribution in [1.29, 1.82) is 0 Å². The van der Waals surface area contributed by atoms with Crippen LogP contribution in [0.15, 0.2) is 30.3 Å². The van der Waals surface area contributed by atoms with Gasteiger partial charge >= 0.3 is 0 Å². The molecular weight excluding hydrogens is 178 g/mol. The summed E-state index contributed by atoms with van der Waals surface area (Å²) in [6.45, 7) is 2.00.